The topological polar surface area (TPSA) is 19.4 Å². The van der Waals surface area contributed by atoms with E-state index in [-0.39, 0.29) is 30.6 Å². The van der Waals surface area contributed by atoms with Gasteiger partial charge in [-0.15, -0.1) is 24.8 Å². The zero-order valence-corrected chi connectivity index (χ0v) is 15.6. The van der Waals surface area contributed by atoms with Crippen LogP contribution < -0.4 is 4.90 Å². The zero-order valence-electron chi connectivity index (χ0n) is 14.0. The molecular weight excluding hydrogens is 348 g/mol. The molecule has 2 aromatic rings. The minimum atomic E-state index is -0.206. The lowest BCUT2D eigenvalue weighted by atomic mass is 10.1. The molecule has 3 nitrogen and oxygen atoms in total. The average Bonchev–Trinajstić information content (AvgIpc) is 2.56. The first kappa shape index (κ1) is 20.7. The van der Waals surface area contributed by atoms with Crippen molar-refractivity contribution < 1.29 is 4.39 Å². The molecule has 1 aliphatic rings. The lowest BCUT2D eigenvalue weighted by Crippen LogP contribution is -2.49. The monoisotopic (exact) mass is 371 g/mol. The van der Waals surface area contributed by atoms with E-state index in [0.29, 0.717) is 11.6 Å². The molecule has 1 saturated heterocycles. The van der Waals surface area contributed by atoms with Gasteiger partial charge < -0.3 is 4.90 Å². The van der Waals surface area contributed by atoms with E-state index < -0.39 is 0 Å². The van der Waals surface area contributed by atoms with Gasteiger partial charge in [-0.05, 0) is 32.0 Å². The van der Waals surface area contributed by atoms with Crippen molar-refractivity contribution >= 4 is 30.6 Å². The molecule has 24 heavy (non-hydrogen) atoms. The van der Waals surface area contributed by atoms with E-state index in [9.17, 15) is 4.39 Å². The number of hydrogen-bond acceptors (Lipinski definition) is 3. The summed E-state index contributed by atoms with van der Waals surface area (Å²) in [5.74, 6) is 0.770. The van der Waals surface area contributed by atoms with Gasteiger partial charge in [0.2, 0.25) is 0 Å². The fourth-order valence-electron chi connectivity index (χ4n) is 2.90. The van der Waals surface area contributed by atoms with Gasteiger partial charge in [-0.2, -0.15) is 0 Å². The second-order valence-electron chi connectivity index (χ2n) is 6.00. The Balaban J connectivity index is 0.00000144. The molecular formula is C18H24Cl2FN3. The number of rotatable bonds is 3. The van der Waals surface area contributed by atoms with Gasteiger partial charge >= 0.3 is 0 Å². The molecule has 0 unspecified atom stereocenters. The van der Waals surface area contributed by atoms with Crippen molar-refractivity contribution in [3.63, 3.8) is 0 Å². The average molecular weight is 372 g/mol. The molecule has 0 bridgehead atoms. The van der Waals surface area contributed by atoms with Gasteiger partial charge in [-0.1, -0.05) is 18.2 Å². The Kier molecular flexibility index (Phi) is 7.94. The summed E-state index contributed by atoms with van der Waals surface area (Å²) < 4.78 is 13.8. The summed E-state index contributed by atoms with van der Waals surface area (Å²) in [4.78, 5) is 9.30. The Morgan fingerprint density at radius 3 is 2.17 bits per heavy atom. The van der Waals surface area contributed by atoms with Crippen molar-refractivity contribution in [2.75, 3.05) is 31.1 Å². The third-order valence-corrected chi connectivity index (χ3v) is 4.30. The highest BCUT2D eigenvalue weighted by Crippen LogP contribution is 2.24. The largest absolute Gasteiger partial charge is 0.354 e. The van der Waals surface area contributed by atoms with Crippen LogP contribution in [0.4, 0.5) is 10.2 Å². The molecule has 0 radical (unpaired) electrons. The highest BCUT2D eigenvalue weighted by Gasteiger charge is 2.19. The van der Waals surface area contributed by atoms with Crippen LogP contribution in [0.15, 0.2) is 42.6 Å². The Hall–Kier alpha value is -1.36. The fourth-order valence-corrected chi connectivity index (χ4v) is 2.90. The number of anilines is 1. The van der Waals surface area contributed by atoms with Gasteiger partial charge in [0.15, 0.2) is 0 Å². The lowest BCUT2D eigenvalue weighted by Gasteiger charge is -2.37. The summed E-state index contributed by atoms with van der Waals surface area (Å²) in [5.41, 5.74) is 1.42. The summed E-state index contributed by atoms with van der Waals surface area (Å²) in [7, 11) is 0. The van der Waals surface area contributed by atoms with E-state index in [1.807, 2.05) is 18.2 Å². The normalized spacial score (nSPS) is 14.9. The molecule has 0 amide bonds. The smallest absolute Gasteiger partial charge is 0.131 e. The van der Waals surface area contributed by atoms with Crippen LogP contribution in [0.1, 0.15) is 13.8 Å². The Morgan fingerprint density at radius 1 is 0.958 bits per heavy atom. The van der Waals surface area contributed by atoms with E-state index in [1.54, 1.807) is 18.3 Å². The third kappa shape index (κ3) is 4.59. The van der Waals surface area contributed by atoms with Crippen molar-refractivity contribution in [3.8, 4) is 11.1 Å². The molecule has 1 aromatic heterocycles. The van der Waals surface area contributed by atoms with Crippen LogP contribution in [0, 0.1) is 5.82 Å². The van der Waals surface area contributed by atoms with Crippen molar-refractivity contribution in [2.45, 2.75) is 19.9 Å². The molecule has 3 rings (SSSR count). The summed E-state index contributed by atoms with van der Waals surface area (Å²) in [5, 5.41) is 0. The van der Waals surface area contributed by atoms with Crippen molar-refractivity contribution in [1.29, 1.82) is 0 Å². The number of nitrogens with zero attached hydrogens (tertiary/aromatic N) is 3. The number of halogens is 3. The predicted molar refractivity (Wildman–Crippen MR) is 103 cm³/mol. The van der Waals surface area contributed by atoms with Gasteiger partial charge in [-0.25, -0.2) is 9.37 Å². The van der Waals surface area contributed by atoms with Gasteiger partial charge in [0.25, 0.3) is 0 Å². The Bertz CT molecular complexity index is 626. The first-order chi connectivity index (χ1) is 10.6. The lowest BCUT2D eigenvalue weighted by molar-refractivity contribution is 0.209. The van der Waals surface area contributed by atoms with Crippen LogP contribution in [0.2, 0.25) is 0 Å². The minimum Gasteiger partial charge on any atom is -0.354 e. The second kappa shape index (κ2) is 9.21. The number of pyridine rings is 1. The SMILES string of the molecule is CC(C)N1CCN(c2ccc(-c3ccccc3F)cn2)CC1.Cl.Cl. The molecule has 132 valence electrons. The minimum absolute atomic E-state index is 0. The Morgan fingerprint density at radius 2 is 1.62 bits per heavy atom. The van der Waals surface area contributed by atoms with Crippen molar-refractivity contribution in [1.82, 2.24) is 9.88 Å². The maximum atomic E-state index is 13.8. The molecule has 0 atom stereocenters. The highest BCUT2D eigenvalue weighted by molar-refractivity contribution is 5.85. The number of hydrogen-bond donors (Lipinski definition) is 0. The van der Waals surface area contributed by atoms with Crippen LogP contribution >= 0.6 is 24.8 Å². The van der Waals surface area contributed by atoms with Crippen LogP contribution in [0.3, 0.4) is 0 Å². The predicted octanol–water partition coefficient (Wildman–Crippen LogP) is 4.26. The van der Waals surface area contributed by atoms with Gasteiger partial charge in [-0.3, -0.25) is 4.90 Å². The summed E-state index contributed by atoms with van der Waals surface area (Å²) in [6.07, 6.45) is 1.77. The Labute approximate surface area is 155 Å². The fraction of sp³-hybridized carbons (Fsp3) is 0.389. The molecule has 6 heteroatoms. The molecule has 1 aromatic carbocycles. The summed E-state index contributed by atoms with van der Waals surface area (Å²) in [6, 6.07) is 11.4. The molecule has 1 aliphatic heterocycles. The van der Waals surface area contributed by atoms with E-state index in [0.717, 1.165) is 37.6 Å². The summed E-state index contributed by atoms with van der Waals surface area (Å²) in [6.45, 7) is 8.57. The van der Waals surface area contributed by atoms with Gasteiger partial charge in [0.1, 0.15) is 11.6 Å². The second-order valence-corrected chi connectivity index (χ2v) is 6.00. The van der Waals surface area contributed by atoms with E-state index in [4.69, 9.17) is 0 Å². The zero-order chi connectivity index (χ0) is 15.5. The van der Waals surface area contributed by atoms with Gasteiger partial charge in [0, 0.05) is 49.5 Å². The first-order valence-corrected chi connectivity index (χ1v) is 7.85. The van der Waals surface area contributed by atoms with Crippen LogP contribution in [-0.2, 0) is 0 Å². The van der Waals surface area contributed by atoms with E-state index in [1.165, 1.54) is 6.07 Å². The maximum absolute atomic E-state index is 13.8. The molecule has 0 spiro atoms. The van der Waals surface area contributed by atoms with Crippen LogP contribution in [-0.4, -0.2) is 42.1 Å². The summed E-state index contributed by atoms with van der Waals surface area (Å²) >= 11 is 0. The number of benzene rings is 1. The quantitative estimate of drug-likeness (QED) is 0.803. The van der Waals surface area contributed by atoms with E-state index >= 15 is 0 Å². The molecule has 0 saturated carbocycles. The standard InChI is InChI=1S/C18H22FN3.2ClH/c1-14(2)21-9-11-22(12-10-21)18-8-7-15(13-20-18)16-5-3-4-6-17(16)19;;/h3-8,13-14H,9-12H2,1-2H3;2*1H. The number of aromatic nitrogens is 1. The van der Waals surface area contributed by atoms with Crippen LogP contribution in [0.5, 0.6) is 0 Å². The van der Waals surface area contributed by atoms with Crippen molar-refractivity contribution in [3.05, 3.63) is 48.4 Å². The maximum Gasteiger partial charge on any atom is 0.131 e. The first-order valence-electron chi connectivity index (χ1n) is 7.85. The molecule has 0 N–H and O–H groups in total. The van der Waals surface area contributed by atoms with Crippen LogP contribution in [0.25, 0.3) is 11.1 Å². The van der Waals surface area contributed by atoms with E-state index in [2.05, 4.69) is 28.6 Å². The molecule has 0 aliphatic carbocycles. The molecule has 2 heterocycles. The number of piperazine rings is 1. The van der Waals surface area contributed by atoms with Gasteiger partial charge in [0.05, 0.1) is 0 Å². The third-order valence-electron chi connectivity index (χ3n) is 4.30. The van der Waals surface area contributed by atoms with Crippen molar-refractivity contribution in [2.24, 2.45) is 0 Å². The molecule has 1 fully saturated rings. The highest BCUT2D eigenvalue weighted by atomic mass is 35.5.